The molecule has 2 heterocycles. The van der Waals surface area contributed by atoms with Crippen LogP contribution in [0.3, 0.4) is 0 Å². The van der Waals surface area contributed by atoms with E-state index in [-0.39, 0.29) is 12.0 Å². The lowest BCUT2D eigenvalue weighted by Crippen LogP contribution is -2.43. The minimum atomic E-state index is 0.0481. The van der Waals surface area contributed by atoms with Crippen molar-refractivity contribution in [3.63, 3.8) is 0 Å². The number of aromatic nitrogens is 2. The summed E-state index contributed by atoms with van der Waals surface area (Å²) in [5.74, 6) is 0.0481. The minimum Gasteiger partial charge on any atom is -0.377 e. The zero-order chi connectivity index (χ0) is 14.7. The van der Waals surface area contributed by atoms with Gasteiger partial charge in [0.05, 0.1) is 17.1 Å². The first-order valence-electron chi connectivity index (χ1n) is 7.39. The Balaban J connectivity index is 1.79. The first-order chi connectivity index (χ1) is 10.3. The first kappa shape index (κ1) is 13.9. The molecule has 5 nitrogen and oxygen atoms in total. The molecule has 1 aromatic heterocycles. The molecule has 0 spiro atoms. The van der Waals surface area contributed by atoms with Crippen molar-refractivity contribution in [3.8, 4) is 0 Å². The van der Waals surface area contributed by atoms with E-state index >= 15 is 0 Å². The third kappa shape index (κ3) is 3.03. The lowest BCUT2D eigenvalue weighted by Gasteiger charge is -2.32. The van der Waals surface area contributed by atoms with Crippen molar-refractivity contribution in [2.45, 2.75) is 25.9 Å². The van der Waals surface area contributed by atoms with E-state index in [2.05, 4.69) is 9.97 Å². The number of carbonyl (C=O) groups excluding carboxylic acids is 1. The average Bonchev–Trinajstić information content (AvgIpc) is 2.54. The number of hydrogen-bond donors (Lipinski definition) is 0. The van der Waals surface area contributed by atoms with E-state index < -0.39 is 0 Å². The van der Waals surface area contributed by atoms with Crippen LogP contribution in [0.4, 0.5) is 0 Å². The Bertz CT molecular complexity index is 642. The van der Waals surface area contributed by atoms with Gasteiger partial charge in [-0.25, -0.2) is 0 Å². The van der Waals surface area contributed by atoms with Gasteiger partial charge in [0.1, 0.15) is 0 Å². The Kier molecular flexibility index (Phi) is 4.10. The van der Waals surface area contributed by atoms with Crippen molar-refractivity contribution in [2.75, 3.05) is 19.7 Å². The molecule has 2 aromatic rings. The molecule has 3 rings (SSSR count). The maximum absolute atomic E-state index is 12.6. The Morgan fingerprint density at radius 1 is 1.33 bits per heavy atom. The highest BCUT2D eigenvalue weighted by atomic mass is 16.5. The summed E-state index contributed by atoms with van der Waals surface area (Å²) in [5.41, 5.74) is 2.22. The molecule has 0 radical (unpaired) electrons. The number of ether oxygens (including phenoxy) is 1. The van der Waals surface area contributed by atoms with Crippen LogP contribution in [0.5, 0.6) is 0 Å². The maximum Gasteiger partial charge on any atom is 0.254 e. The minimum absolute atomic E-state index is 0.0481. The van der Waals surface area contributed by atoms with Crippen LogP contribution in [-0.4, -0.2) is 46.6 Å². The standard InChI is InChI=1S/C16H19N3O2/c1-2-21-13-4-3-9-19(11-13)16(20)12-5-6-14-15(10-12)18-8-7-17-14/h5-8,10,13H,2-4,9,11H2,1H3. The van der Waals surface area contributed by atoms with Crippen molar-refractivity contribution < 1.29 is 9.53 Å². The van der Waals surface area contributed by atoms with E-state index in [0.29, 0.717) is 18.7 Å². The number of amides is 1. The van der Waals surface area contributed by atoms with Gasteiger partial charge in [0.25, 0.3) is 5.91 Å². The molecule has 1 aromatic carbocycles. The van der Waals surface area contributed by atoms with Crippen molar-refractivity contribution in [1.29, 1.82) is 0 Å². The van der Waals surface area contributed by atoms with E-state index in [1.54, 1.807) is 12.4 Å². The molecule has 0 N–H and O–H groups in total. The monoisotopic (exact) mass is 285 g/mol. The highest BCUT2D eigenvalue weighted by molar-refractivity contribution is 5.97. The van der Waals surface area contributed by atoms with Crippen LogP contribution in [0.2, 0.25) is 0 Å². The van der Waals surface area contributed by atoms with Crippen molar-refractivity contribution in [1.82, 2.24) is 14.9 Å². The van der Waals surface area contributed by atoms with Crippen molar-refractivity contribution >= 4 is 16.9 Å². The summed E-state index contributed by atoms with van der Waals surface area (Å²) in [7, 11) is 0. The van der Waals surface area contributed by atoms with Gasteiger partial charge in [-0.2, -0.15) is 0 Å². The molecule has 1 aliphatic rings. The van der Waals surface area contributed by atoms with Gasteiger partial charge >= 0.3 is 0 Å². The van der Waals surface area contributed by atoms with Crippen molar-refractivity contribution in [3.05, 3.63) is 36.2 Å². The van der Waals surface area contributed by atoms with E-state index in [9.17, 15) is 4.79 Å². The lowest BCUT2D eigenvalue weighted by atomic mass is 10.1. The molecule has 1 aliphatic heterocycles. The lowest BCUT2D eigenvalue weighted by molar-refractivity contribution is 0.00725. The molecule has 21 heavy (non-hydrogen) atoms. The molecule has 1 atom stereocenters. The summed E-state index contributed by atoms with van der Waals surface area (Å²) in [5, 5.41) is 0. The number of nitrogens with zero attached hydrogens (tertiary/aromatic N) is 3. The van der Waals surface area contributed by atoms with Crippen LogP contribution >= 0.6 is 0 Å². The predicted octanol–water partition coefficient (Wildman–Crippen LogP) is 2.27. The summed E-state index contributed by atoms with van der Waals surface area (Å²) in [6.45, 7) is 4.15. The number of fused-ring (bicyclic) bond motifs is 1. The first-order valence-corrected chi connectivity index (χ1v) is 7.39. The molecular weight excluding hydrogens is 266 g/mol. The SMILES string of the molecule is CCOC1CCCN(C(=O)c2ccc3nccnc3c2)C1. The third-order valence-corrected chi connectivity index (χ3v) is 3.78. The van der Waals surface area contributed by atoms with Crippen LogP contribution in [-0.2, 0) is 4.74 Å². The van der Waals surface area contributed by atoms with Gasteiger partial charge in [-0.15, -0.1) is 0 Å². The predicted molar refractivity (Wildman–Crippen MR) is 80.1 cm³/mol. The van der Waals surface area contributed by atoms with Gasteiger partial charge in [0, 0.05) is 37.7 Å². The molecule has 0 bridgehead atoms. The molecule has 1 unspecified atom stereocenters. The fourth-order valence-electron chi connectivity index (χ4n) is 2.77. The zero-order valence-electron chi connectivity index (χ0n) is 12.2. The molecular formula is C16H19N3O2. The Hall–Kier alpha value is -2.01. The van der Waals surface area contributed by atoms with E-state index in [4.69, 9.17) is 4.74 Å². The fourth-order valence-corrected chi connectivity index (χ4v) is 2.77. The van der Waals surface area contributed by atoms with Crippen LogP contribution in [0, 0.1) is 0 Å². The van der Waals surface area contributed by atoms with Crippen LogP contribution in [0.25, 0.3) is 11.0 Å². The third-order valence-electron chi connectivity index (χ3n) is 3.78. The fraction of sp³-hybridized carbons (Fsp3) is 0.438. The number of rotatable bonds is 3. The largest absolute Gasteiger partial charge is 0.377 e. The van der Waals surface area contributed by atoms with Gasteiger partial charge in [-0.3, -0.25) is 14.8 Å². The molecule has 1 saturated heterocycles. The topological polar surface area (TPSA) is 55.3 Å². The second kappa shape index (κ2) is 6.18. The van der Waals surface area contributed by atoms with Crippen LogP contribution in [0.15, 0.2) is 30.6 Å². The quantitative estimate of drug-likeness (QED) is 0.868. The van der Waals surface area contributed by atoms with E-state index in [0.717, 1.165) is 30.4 Å². The summed E-state index contributed by atoms with van der Waals surface area (Å²) in [6.07, 6.45) is 5.47. The maximum atomic E-state index is 12.6. The second-order valence-corrected chi connectivity index (χ2v) is 5.23. The Morgan fingerprint density at radius 3 is 2.95 bits per heavy atom. The van der Waals surface area contributed by atoms with Gasteiger partial charge in [-0.05, 0) is 38.0 Å². The molecule has 5 heteroatoms. The summed E-state index contributed by atoms with van der Waals surface area (Å²) >= 11 is 0. The van der Waals surface area contributed by atoms with Crippen molar-refractivity contribution in [2.24, 2.45) is 0 Å². The number of likely N-dealkylation sites (tertiary alicyclic amines) is 1. The zero-order valence-corrected chi connectivity index (χ0v) is 12.2. The van der Waals surface area contributed by atoms with Crippen LogP contribution in [0.1, 0.15) is 30.1 Å². The second-order valence-electron chi connectivity index (χ2n) is 5.23. The van der Waals surface area contributed by atoms with Gasteiger partial charge < -0.3 is 9.64 Å². The molecule has 0 saturated carbocycles. The van der Waals surface area contributed by atoms with E-state index in [1.165, 1.54) is 0 Å². The Labute approximate surface area is 124 Å². The smallest absolute Gasteiger partial charge is 0.254 e. The van der Waals surface area contributed by atoms with Gasteiger partial charge in [0.2, 0.25) is 0 Å². The van der Waals surface area contributed by atoms with Gasteiger partial charge in [0.15, 0.2) is 0 Å². The molecule has 110 valence electrons. The normalized spacial score (nSPS) is 18.9. The number of carbonyl (C=O) groups is 1. The molecule has 1 amide bonds. The number of piperidine rings is 1. The summed E-state index contributed by atoms with van der Waals surface area (Å²) in [6, 6.07) is 5.48. The summed E-state index contributed by atoms with van der Waals surface area (Å²) in [4.78, 5) is 23.0. The molecule has 0 aliphatic carbocycles. The van der Waals surface area contributed by atoms with Crippen LogP contribution < -0.4 is 0 Å². The summed E-state index contributed by atoms with van der Waals surface area (Å²) < 4.78 is 5.65. The van der Waals surface area contributed by atoms with E-state index in [1.807, 2.05) is 30.0 Å². The molecule has 1 fully saturated rings. The Morgan fingerprint density at radius 2 is 2.14 bits per heavy atom. The average molecular weight is 285 g/mol. The number of hydrogen-bond acceptors (Lipinski definition) is 4. The number of benzene rings is 1. The highest BCUT2D eigenvalue weighted by Crippen LogP contribution is 2.18. The van der Waals surface area contributed by atoms with Gasteiger partial charge in [-0.1, -0.05) is 0 Å². The highest BCUT2D eigenvalue weighted by Gasteiger charge is 2.24.